The summed E-state index contributed by atoms with van der Waals surface area (Å²) in [7, 11) is 0. The van der Waals surface area contributed by atoms with Gasteiger partial charge in [-0.3, -0.25) is 4.79 Å². The monoisotopic (exact) mass is 330 g/mol. The number of rotatable bonds is 4. The van der Waals surface area contributed by atoms with Crippen LogP contribution in [0.5, 0.6) is 11.5 Å². The predicted octanol–water partition coefficient (Wildman–Crippen LogP) is 5.08. The van der Waals surface area contributed by atoms with Gasteiger partial charge in [0.2, 0.25) is 0 Å². The van der Waals surface area contributed by atoms with Crippen LogP contribution in [0, 0.1) is 5.82 Å². The SMILES string of the molecule is O=C1CC=C(Cc2ccc(Cl)c(Oc3ccccc3)c2F)N=N1. The molecule has 1 amide bonds. The van der Waals surface area contributed by atoms with Crippen molar-refractivity contribution < 1.29 is 13.9 Å². The van der Waals surface area contributed by atoms with Gasteiger partial charge in [-0.15, -0.1) is 5.11 Å². The Kier molecular flexibility index (Phi) is 4.48. The van der Waals surface area contributed by atoms with Crippen LogP contribution in [0.25, 0.3) is 0 Å². The molecule has 0 spiro atoms. The molecule has 0 saturated heterocycles. The summed E-state index contributed by atoms with van der Waals surface area (Å²) < 4.78 is 20.2. The zero-order valence-corrected chi connectivity index (χ0v) is 12.8. The largest absolute Gasteiger partial charge is 0.453 e. The highest BCUT2D eigenvalue weighted by Gasteiger charge is 2.17. The number of carbonyl (C=O) groups is 1. The minimum atomic E-state index is -0.547. The average Bonchev–Trinajstić information content (AvgIpc) is 2.57. The fraction of sp³-hybridized carbons (Fsp3) is 0.118. The molecule has 0 radical (unpaired) electrons. The molecule has 2 aromatic rings. The third-order valence-corrected chi connectivity index (χ3v) is 3.56. The first-order valence-corrected chi connectivity index (χ1v) is 7.34. The Bertz CT molecular complexity index is 804. The van der Waals surface area contributed by atoms with E-state index in [0.717, 1.165) is 0 Å². The minimum Gasteiger partial charge on any atom is -0.453 e. The van der Waals surface area contributed by atoms with Gasteiger partial charge in [0.15, 0.2) is 11.6 Å². The lowest BCUT2D eigenvalue weighted by Crippen LogP contribution is -2.01. The van der Waals surface area contributed by atoms with Gasteiger partial charge in [0.05, 0.1) is 17.1 Å². The van der Waals surface area contributed by atoms with E-state index in [2.05, 4.69) is 10.2 Å². The van der Waals surface area contributed by atoms with Crippen molar-refractivity contribution in [1.82, 2.24) is 0 Å². The van der Waals surface area contributed by atoms with Gasteiger partial charge in [-0.25, -0.2) is 4.39 Å². The maximum Gasteiger partial charge on any atom is 0.268 e. The smallest absolute Gasteiger partial charge is 0.268 e. The van der Waals surface area contributed by atoms with E-state index in [1.807, 2.05) is 6.07 Å². The number of benzene rings is 2. The van der Waals surface area contributed by atoms with Crippen LogP contribution in [0.4, 0.5) is 4.39 Å². The van der Waals surface area contributed by atoms with E-state index in [1.165, 1.54) is 0 Å². The third kappa shape index (κ3) is 3.63. The van der Waals surface area contributed by atoms with Crippen molar-refractivity contribution in [1.29, 1.82) is 0 Å². The summed E-state index contributed by atoms with van der Waals surface area (Å²) >= 11 is 6.05. The molecular formula is C17H12ClFN2O2. The number of halogens is 2. The summed E-state index contributed by atoms with van der Waals surface area (Å²) in [6, 6.07) is 12.0. The molecule has 2 aromatic carbocycles. The quantitative estimate of drug-likeness (QED) is 0.784. The zero-order chi connectivity index (χ0) is 16.2. The van der Waals surface area contributed by atoms with E-state index in [9.17, 15) is 9.18 Å². The van der Waals surface area contributed by atoms with Crippen LogP contribution >= 0.6 is 11.6 Å². The Balaban J connectivity index is 1.87. The second kappa shape index (κ2) is 6.71. The summed E-state index contributed by atoms with van der Waals surface area (Å²) in [4.78, 5) is 11.0. The number of para-hydroxylation sites is 1. The number of allylic oxidation sites excluding steroid dienone is 1. The molecule has 4 nitrogen and oxygen atoms in total. The van der Waals surface area contributed by atoms with Gasteiger partial charge in [-0.1, -0.05) is 41.9 Å². The van der Waals surface area contributed by atoms with Crippen molar-refractivity contribution >= 4 is 17.5 Å². The highest BCUT2D eigenvalue weighted by Crippen LogP contribution is 2.34. The van der Waals surface area contributed by atoms with Crippen LogP contribution in [0.3, 0.4) is 0 Å². The third-order valence-electron chi connectivity index (χ3n) is 3.27. The fourth-order valence-corrected chi connectivity index (χ4v) is 2.30. The highest BCUT2D eigenvalue weighted by molar-refractivity contribution is 6.32. The summed E-state index contributed by atoms with van der Waals surface area (Å²) in [6.45, 7) is 0. The normalized spacial score (nSPS) is 13.8. The number of hydrogen-bond donors (Lipinski definition) is 0. The molecule has 1 aliphatic heterocycles. The molecule has 3 rings (SSSR count). The first-order chi connectivity index (χ1) is 11.1. The van der Waals surface area contributed by atoms with Crippen LogP contribution in [0.15, 0.2) is 64.5 Å². The molecule has 1 aliphatic rings. The molecular weight excluding hydrogens is 319 g/mol. The van der Waals surface area contributed by atoms with Crippen LogP contribution in [0.2, 0.25) is 5.02 Å². The Morgan fingerprint density at radius 3 is 2.61 bits per heavy atom. The van der Waals surface area contributed by atoms with Gasteiger partial charge in [0, 0.05) is 6.42 Å². The number of nitrogens with zero attached hydrogens (tertiary/aromatic N) is 2. The van der Waals surface area contributed by atoms with Gasteiger partial charge in [-0.2, -0.15) is 5.11 Å². The van der Waals surface area contributed by atoms with Crippen molar-refractivity contribution in [3.63, 3.8) is 0 Å². The van der Waals surface area contributed by atoms with E-state index in [-0.39, 0.29) is 29.5 Å². The highest BCUT2D eigenvalue weighted by atomic mass is 35.5. The van der Waals surface area contributed by atoms with Crippen molar-refractivity contribution in [2.45, 2.75) is 12.8 Å². The molecule has 116 valence electrons. The number of azo groups is 1. The van der Waals surface area contributed by atoms with E-state index in [0.29, 0.717) is 17.0 Å². The van der Waals surface area contributed by atoms with Crippen LogP contribution in [-0.2, 0) is 11.2 Å². The van der Waals surface area contributed by atoms with E-state index < -0.39 is 5.82 Å². The van der Waals surface area contributed by atoms with Gasteiger partial charge in [-0.05, 0) is 23.8 Å². The lowest BCUT2D eigenvalue weighted by molar-refractivity contribution is -0.117. The molecule has 0 aliphatic carbocycles. The maximum atomic E-state index is 14.7. The molecule has 0 saturated carbocycles. The summed E-state index contributed by atoms with van der Waals surface area (Å²) in [5, 5.41) is 7.45. The lowest BCUT2D eigenvalue weighted by atomic mass is 10.1. The van der Waals surface area contributed by atoms with Crippen LogP contribution in [0.1, 0.15) is 12.0 Å². The Labute approximate surface area is 137 Å². The molecule has 0 atom stereocenters. The molecule has 0 unspecified atom stereocenters. The van der Waals surface area contributed by atoms with Crippen molar-refractivity contribution in [3.05, 3.63) is 70.6 Å². The van der Waals surface area contributed by atoms with Crippen LogP contribution < -0.4 is 4.74 Å². The van der Waals surface area contributed by atoms with Gasteiger partial charge < -0.3 is 4.74 Å². The Morgan fingerprint density at radius 1 is 1.13 bits per heavy atom. The second-order valence-electron chi connectivity index (χ2n) is 4.93. The lowest BCUT2D eigenvalue weighted by Gasteiger charge is -2.12. The van der Waals surface area contributed by atoms with Crippen molar-refractivity contribution in [2.24, 2.45) is 10.2 Å². The van der Waals surface area contributed by atoms with Crippen LogP contribution in [-0.4, -0.2) is 5.91 Å². The van der Waals surface area contributed by atoms with Gasteiger partial charge >= 0.3 is 0 Å². The average molecular weight is 331 g/mol. The number of amides is 1. The Hall–Kier alpha value is -2.53. The number of ether oxygens (including phenoxy) is 1. The second-order valence-corrected chi connectivity index (χ2v) is 5.34. The Morgan fingerprint density at radius 2 is 1.91 bits per heavy atom. The summed E-state index contributed by atoms with van der Waals surface area (Å²) in [5.74, 6) is -0.389. The molecule has 0 N–H and O–H groups in total. The van der Waals surface area contributed by atoms with Crippen molar-refractivity contribution in [3.8, 4) is 11.5 Å². The molecule has 6 heteroatoms. The fourth-order valence-electron chi connectivity index (χ4n) is 2.12. The summed E-state index contributed by atoms with van der Waals surface area (Å²) in [6.07, 6.45) is 2.04. The van der Waals surface area contributed by atoms with E-state index in [1.54, 1.807) is 42.5 Å². The minimum absolute atomic E-state index is 0.0280. The zero-order valence-electron chi connectivity index (χ0n) is 12.0. The summed E-state index contributed by atoms with van der Waals surface area (Å²) in [5.41, 5.74) is 0.913. The van der Waals surface area contributed by atoms with Crippen molar-refractivity contribution in [2.75, 3.05) is 0 Å². The molecule has 1 heterocycles. The molecule has 0 fully saturated rings. The topological polar surface area (TPSA) is 51.0 Å². The van der Waals surface area contributed by atoms with E-state index in [4.69, 9.17) is 16.3 Å². The van der Waals surface area contributed by atoms with E-state index >= 15 is 0 Å². The predicted molar refractivity (Wildman–Crippen MR) is 84.2 cm³/mol. The van der Waals surface area contributed by atoms with Gasteiger partial charge in [0.1, 0.15) is 5.75 Å². The number of carbonyl (C=O) groups excluding carboxylic acids is 1. The maximum absolute atomic E-state index is 14.7. The molecule has 0 aromatic heterocycles. The standard InChI is InChI=1S/C17H12ClFN2O2/c18-14-8-6-11(10-12-7-9-15(22)21-20-12)16(19)17(14)23-13-4-2-1-3-5-13/h1-8H,9-10H2. The van der Waals surface area contributed by atoms with Gasteiger partial charge in [0.25, 0.3) is 5.91 Å². The first-order valence-electron chi connectivity index (χ1n) is 6.97. The number of hydrogen-bond acceptors (Lipinski definition) is 3. The molecule has 0 bridgehead atoms. The molecule has 23 heavy (non-hydrogen) atoms. The first kappa shape index (κ1) is 15.4.